The number of amides is 1. The Kier molecular flexibility index (Phi) is 7.65. The van der Waals surface area contributed by atoms with Gasteiger partial charge in [-0.2, -0.15) is 13.2 Å². The molecule has 38 heavy (non-hydrogen) atoms. The van der Waals surface area contributed by atoms with Gasteiger partial charge in [0, 0.05) is 31.9 Å². The van der Waals surface area contributed by atoms with Gasteiger partial charge in [0.05, 0.1) is 26.9 Å². The van der Waals surface area contributed by atoms with Crippen LogP contribution in [0.5, 0.6) is 0 Å². The topological polar surface area (TPSA) is 72.3 Å². The molecule has 3 heterocycles. The maximum atomic E-state index is 13.6. The largest absolute Gasteiger partial charge is 0.433 e. The first kappa shape index (κ1) is 28.1. The molecule has 6 nitrogen and oxygen atoms in total. The van der Waals surface area contributed by atoms with Crippen LogP contribution < -0.4 is 0 Å². The van der Waals surface area contributed by atoms with E-state index in [1.54, 1.807) is 11.8 Å². The van der Waals surface area contributed by atoms with Crippen molar-refractivity contribution in [1.82, 2.24) is 14.5 Å². The molecule has 0 N–H and O–H groups in total. The van der Waals surface area contributed by atoms with Gasteiger partial charge < -0.3 is 14.3 Å². The number of halogens is 5. The number of hydrogen-bond donors (Lipinski definition) is 0. The van der Waals surface area contributed by atoms with Crippen LogP contribution in [-0.4, -0.2) is 45.0 Å². The second kappa shape index (κ2) is 10.3. The Balaban J connectivity index is 1.69. The number of piperidine rings is 1. The Bertz CT molecular complexity index is 1470. The molecule has 4 rings (SSSR count). The van der Waals surface area contributed by atoms with E-state index in [2.05, 4.69) is 4.98 Å². The molecular weight excluding hydrogens is 542 g/mol. The molecule has 0 aliphatic carbocycles. The molecule has 1 fully saturated rings. The summed E-state index contributed by atoms with van der Waals surface area (Å²) in [4.78, 5) is 43.9. The number of aromatic nitrogens is 2. The molecule has 1 amide bonds. The van der Waals surface area contributed by atoms with Gasteiger partial charge in [-0.25, -0.2) is 4.98 Å². The molecule has 1 saturated heterocycles. The molecule has 0 bridgehead atoms. The maximum absolute atomic E-state index is 13.6. The van der Waals surface area contributed by atoms with Gasteiger partial charge >= 0.3 is 6.18 Å². The van der Waals surface area contributed by atoms with Crippen LogP contribution in [0.2, 0.25) is 10.0 Å². The van der Waals surface area contributed by atoms with Crippen LogP contribution in [0.15, 0.2) is 24.3 Å². The predicted octanol–water partition coefficient (Wildman–Crippen LogP) is 6.52. The third kappa shape index (κ3) is 5.18. The molecule has 1 aromatic carbocycles. The van der Waals surface area contributed by atoms with Crippen LogP contribution in [0.3, 0.4) is 0 Å². The standard InChI is InChI=1S/C27H26Cl2F3N3O3/c1-13-9-21(27(30,31)32)33-25-18(13)11-20(34(25)4)24(37)22-19(28)6-5-17(23(22)29)26(38)35-8-7-16(10-15(3)36)14(2)12-35/h5-6,9,11,14,16H,7-8,10,12H2,1-4H3/t14-,16+/m1/s1. The van der Waals surface area contributed by atoms with Crippen molar-refractivity contribution in [3.63, 3.8) is 0 Å². The second-order valence-electron chi connectivity index (χ2n) is 9.94. The summed E-state index contributed by atoms with van der Waals surface area (Å²) in [6.45, 7) is 5.94. The molecular formula is C27H26Cl2F3N3O3. The van der Waals surface area contributed by atoms with E-state index in [-0.39, 0.29) is 56.0 Å². The Morgan fingerprint density at radius 1 is 1.16 bits per heavy atom. The van der Waals surface area contributed by atoms with Crippen LogP contribution in [0.1, 0.15) is 64.4 Å². The number of fused-ring (bicyclic) bond motifs is 1. The van der Waals surface area contributed by atoms with E-state index in [4.69, 9.17) is 23.2 Å². The molecule has 202 valence electrons. The van der Waals surface area contributed by atoms with E-state index in [9.17, 15) is 27.6 Å². The Labute approximate surface area is 227 Å². The molecule has 0 saturated carbocycles. The first-order valence-electron chi connectivity index (χ1n) is 12.1. The lowest BCUT2D eigenvalue weighted by Gasteiger charge is -2.37. The molecule has 0 spiro atoms. The molecule has 11 heteroatoms. The smallest absolute Gasteiger partial charge is 0.338 e. The van der Waals surface area contributed by atoms with Gasteiger partial charge in [0.15, 0.2) is 0 Å². The van der Waals surface area contributed by atoms with Gasteiger partial charge in [-0.3, -0.25) is 9.59 Å². The number of alkyl halides is 3. The molecule has 0 unspecified atom stereocenters. The number of carbonyl (C=O) groups excluding carboxylic acids is 3. The minimum atomic E-state index is -4.65. The van der Waals surface area contributed by atoms with Gasteiger partial charge in [-0.15, -0.1) is 0 Å². The molecule has 1 aliphatic heterocycles. The normalized spacial score (nSPS) is 18.2. The fourth-order valence-corrected chi connectivity index (χ4v) is 5.71. The first-order valence-corrected chi connectivity index (χ1v) is 12.8. The highest BCUT2D eigenvalue weighted by atomic mass is 35.5. The van der Waals surface area contributed by atoms with Gasteiger partial charge in [0.1, 0.15) is 17.1 Å². The summed E-state index contributed by atoms with van der Waals surface area (Å²) in [6.07, 6.45) is -3.51. The molecule has 0 radical (unpaired) electrons. The third-order valence-electron chi connectivity index (χ3n) is 7.20. The van der Waals surface area contributed by atoms with Crippen molar-refractivity contribution in [3.05, 3.63) is 62.4 Å². The van der Waals surface area contributed by atoms with Crippen molar-refractivity contribution in [2.45, 2.75) is 39.8 Å². The number of pyridine rings is 1. The summed E-state index contributed by atoms with van der Waals surface area (Å²) < 4.78 is 41.2. The Hall–Kier alpha value is -2.91. The van der Waals surface area contributed by atoms with E-state index in [0.717, 1.165) is 6.07 Å². The highest BCUT2D eigenvalue weighted by Gasteiger charge is 2.35. The number of ketones is 2. The lowest BCUT2D eigenvalue weighted by molar-refractivity contribution is -0.141. The average molecular weight is 568 g/mol. The van der Waals surface area contributed by atoms with E-state index >= 15 is 0 Å². The number of benzene rings is 1. The van der Waals surface area contributed by atoms with Crippen LogP contribution in [0.25, 0.3) is 11.0 Å². The van der Waals surface area contributed by atoms with Crippen molar-refractivity contribution < 1.29 is 27.6 Å². The van der Waals surface area contributed by atoms with E-state index in [1.807, 2.05) is 6.92 Å². The van der Waals surface area contributed by atoms with Crippen molar-refractivity contribution in [3.8, 4) is 0 Å². The number of aryl methyl sites for hydroxylation is 2. The van der Waals surface area contributed by atoms with Crippen LogP contribution in [-0.2, 0) is 18.0 Å². The summed E-state index contributed by atoms with van der Waals surface area (Å²) in [5.74, 6) is -0.596. The lowest BCUT2D eigenvalue weighted by Crippen LogP contribution is -2.43. The summed E-state index contributed by atoms with van der Waals surface area (Å²) in [7, 11) is 1.44. The van der Waals surface area contributed by atoms with Crippen LogP contribution >= 0.6 is 23.2 Å². The fourth-order valence-electron chi connectivity index (χ4n) is 5.09. The number of likely N-dealkylation sites (tertiary alicyclic amines) is 1. The lowest BCUT2D eigenvalue weighted by atomic mass is 9.83. The number of nitrogens with zero attached hydrogens (tertiary/aromatic N) is 3. The number of rotatable bonds is 5. The Morgan fingerprint density at radius 3 is 2.45 bits per heavy atom. The van der Waals surface area contributed by atoms with Gasteiger partial charge in [0.25, 0.3) is 5.91 Å². The first-order chi connectivity index (χ1) is 17.7. The van der Waals surface area contributed by atoms with Crippen LogP contribution in [0, 0.1) is 18.8 Å². The highest BCUT2D eigenvalue weighted by Crippen LogP contribution is 2.36. The van der Waals surface area contributed by atoms with Crippen molar-refractivity contribution in [2.24, 2.45) is 18.9 Å². The van der Waals surface area contributed by atoms with Crippen molar-refractivity contribution in [2.75, 3.05) is 13.1 Å². The molecule has 1 aliphatic rings. The second-order valence-corrected chi connectivity index (χ2v) is 10.7. The zero-order chi connectivity index (χ0) is 28.1. The quantitative estimate of drug-likeness (QED) is 0.329. The van der Waals surface area contributed by atoms with E-state index in [0.29, 0.717) is 36.9 Å². The minimum absolute atomic E-state index is 0.0102. The van der Waals surface area contributed by atoms with Crippen LogP contribution in [0.4, 0.5) is 13.2 Å². The number of Topliss-reactive ketones (excluding diaryl/α,β-unsaturated/α-hetero) is 1. The monoisotopic (exact) mass is 567 g/mol. The van der Waals surface area contributed by atoms with Crippen molar-refractivity contribution >= 4 is 51.7 Å². The van der Waals surface area contributed by atoms with Gasteiger partial charge in [-0.1, -0.05) is 30.1 Å². The summed E-state index contributed by atoms with van der Waals surface area (Å²) in [5.41, 5.74) is -0.750. The highest BCUT2D eigenvalue weighted by molar-refractivity contribution is 6.42. The van der Waals surface area contributed by atoms with Crippen molar-refractivity contribution in [1.29, 1.82) is 0 Å². The summed E-state index contributed by atoms with van der Waals surface area (Å²) in [5, 5.41) is 0.263. The number of hydrogen-bond acceptors (Lipinski definition) is 4. The molecule has 2 atom stereocenters. The van der Waals surface area contributed by atoms with E-state index in [1.165, 1.54) is 36.7 Å². The zero-order valence-corrected chi connectivity index (χ0v) is 22.8. The molecule has 3 aromatic rings. The van der Waals surface area contributed by atoms with E-state index < -0.39 is 17.7 Å². The predicted molar refractivity (Wildman–Crippen MR) is 139 cm³/mol. The maximum Gasteiger partial charge on any atom is 0.433 e. The Morgan fingerprint density at radius 2 is 1.84 bits per heavy atom. The summed E-state index contributed by atoms with van der Waals surface area (Å²) >= 11 is 13.0. The van der Waals surface area contributed by atoms with Gasteiger partial charge in [-0.05, 0) is 61.9 Å². The molecule has 2 aromatic heterocycles. The minimum Gasteiger partial charge on any atom is -0.338 e. The zero-order valence-electron chi connectivity index (χ0n) is 21.2. The fraction of sp³-hybridized carbons (Fsp3) is 0.407. The summed E-state index contributed by atoms with van der Waals surface area (Å²) in [6, 6.07) is 5.24. The average Bonchev–Trinajstić information content (AvgIpc) is 3.16. The van der Waals surface area contributed by atoms with Gasteiger partial charge in [0.2, 0.25) is 5.78 Å². The number of carbonyl (C=O) groups is 3. The third-order valence-corrected chi connectivity index (χ3v) is 7.90. The SMILES string of the molecule is CC(=O)C[C@@H]1CCN(C(=O)c2ccc(Cl)c(C(=O)c3cc4c(C)cc(C(F)(F)F)nc4n3C)c2Cl)C[C@H]1C.